The van der Waals surface area contributed by atoms with Crippen molar-refractivity contribution in [2.45, 2.75) is 11.8 Å². The molecule has 0 radical (unpaired) electrons. The molecule has 0 spiro atoms. The molecule has 0 saturated carbocycles. The minimum absolute atomic E-state index is 0.00229. The van der Waals surface area contributed by atoms with E-state index in [0.717, 1.165) is 5.56 Å². The fourth-order valence-electron chi connectivity index (χ4n) is 4.59. The van der Waals surface area contributed by atoms with Crippen molar-refractivity contribution in [1.82, 2.24) is 5.32 Å². The van der Waals surface area contributed by atoms with Gasteiger partial charge in [0.2, 0.25) is 5.91 Å². The molecule has 0 saturated heterocycles. The SMILES string of the molecule is CCOC(=O)c1c(-c2ccccc2)csc1NC(=O)CSc1cccc(NC(=O)/C(=C\c2c(F)cccc2Cl)NC(=O)c2ccccc2)c1. The van der Waals surface area contributed by atoms with Gasteiger partial charge in [0.05, 0.1) is 17.4 Å². The molecule has 248 valence electrons. The van der Waals surface area contributed by atoms with Gasteiger partial charge in [-0.15, -0.1) is 23.1 Å². The van der Waals surface area contributed by atoms with Gasteiger partial charge in [0, 0.05) is 32.7 Å². The number of carbonyl (C=O) groups excluding carboxylic acids is 4. The zero-order chi connectivity index (χ0) is 34.8. The van der Waals surface area contributed by atoms with Gasteiger partial charge >= 0.3 is 5.97 Å². The van der Waals surface area contributed by atoms with Gasteiger partial charge in [-0.25, -0.2) is 9.18 Å². The van der Waals surface area contributed by atoms with E-state index in [1.54, 1.807) is 61.5 Å². The second-order valence-corrected chi connectivity index (χ2v) is 12.6. The Morgan fingerprint density at radius 1 is 0.898 bits per heavy atom. The molecule has 0 unspecified atom stereocenters. The lowest BCUT2D eigenvalue weighted by Gasteiger charge is -2.13. The van der Waals surface area contributed by atoms with Gasteiger partial charge in [0.15, 0.2) is 0 Å². The van der Waals surface area contributed by atoms with Crippen molar-refractivity contribution in [3.63, 3.8) is 0 Å². The Morgan fingerprint density at radius 3 is 2.33 bits per heavy atom. The maximum atomic E-state index is 14.6. The predicted molar refractivity (Wildman–Crippen MR) is 193 cm³/mol. The fourth-order valence-corrected chi connectivity index (χ4v) is 6.54. The number of thioether (sulfide) groups is 1. The van der Waals surface area contributed by atoms with Crippen LogP contribution in [0.3, 0.4) is 0 Å². The topological polar surface area (TPSA) is 114 Å². The predicted octanol–water partition coefficient (Wildman–Crippen LogP) is 8.52. The van der Waals surface area contributed by atoms with Crippen LogP contribution in [0.5, 0.6) is 0 Å². The van der Waals surface area contributed by atoms with Crippen LogP contribution in [0.1, 0.15) is 33.2 Å². The van der Waals surface area contributed by atoms with Gasteiger partial charge in [-0.1, -0.05) is 72.3 Å². The van der Waals surface area contributed by atoms with E-state index >= 15 is 0 Å². The summed E-state index contributed by atoms with van der Waals surface area (Å²) >= 11 is 8.65. The normalized spacial score (nSPS) is 11.0. The smallest absolute Gasteiger partial charge is 0.341 e. The summed E-state index contributed by atoms with van der Waals surface area (Å²) < 4.78 is 19.9. The van der Waals surface area contributed by atoms with E-state index in [-0.39, 0.29) is 34.6 Å². The molecule has 0 aliphatic heterocycles. The van der Waals surface area contributed by atoms with Crippen molar-refractivity contribution < 1.29 is 28.3 Å². The minimum Gasteiger partial charge on any atom is -0.462 e. The van der Waals surface area contributed by atoms with E-state index in [1.165, 1.54) is 47.4 Å². The van der Waals surface area contributed by atoms with E-state index in [1.807, 2.05) is 35.7 Å². The number of hydrogen-bond donors (Lipinski definition) is 3. The number of rotatable bonds is 12. The second kappa shape index (κ2) is 16.7. The molecule has 3 N–H and O–H groups in total. The quantitative estimate of drug-likeness (QED) is 0.0679. The zero-order valence-corrected chi connectivity index (χ0v) is 28.4. The van der Waals surface area contributed by atoms with Crippen molar-refractivity contribution in [2.24, 2.45) is 0 Å². The summed E-state index contributed by atoms with van der Waals surface area (Å²) in [5.41, 5.74) is 2.15. The van der Waals surface area contributed by atoms with Gasteiger partial charge in [0.1, 0.15) is 22.1 Å². The van der Waals surface area contributed by atoms with E-state index in [2.05, 4.69) is 16.0 Å². The summed E-state index contributed by atoms with van der Waals surface area (Å²) in [5, 5.41) is 10.4. The molecular formula is C37H29ClFN3O5S2. The standard InChI is InChI=1S/C37H29ClFN3O5S2/c1-2-47-37(46)33-28(23-11-5-3-6-12-23)21-49-36(33)42-32(43)22-48-26-16-9-15-25(19-26)40-35(45)31(20-27-29(38)17-10-18-30(27)39)41-34(44)24-13-7-4-8-14-24/h3-21H,2,22H2,1H3,(H,40,45)(H,41,44)(H,42,43)/b31-20+. The lowest BCUT2D eigenvalue weighted by atomic mass is 10.0. The maximum Gasteiger partial charge on any atom is 0.341 e. The van der Waals surface area contributed by atoms with Gasteiger partial charge in [-0.2, -0.15) is 0 Å². The highest BCUT2D eigenvalue weighted by Gasteiger charge is 2.23. The van der Waals surface area contributed by atoms with E-state index in [0.29, 0.717) is 32.3 Å². The maximum absolute atomic E-state index is 14.6. The van der Waals surface area contributed by atoms with E-state index in [9.17, 15) is 23.6 Å². The summed E-state index contributed by atoms with van der Waals surface area (Å²) in [6.07, 6.45) is 1.18. The molecule has 0 atom stereocenters. The molecular weight excluding hydrogens is 685 g/mol. The number of esters is 1. The average Bonchev–Trinajstić information content (AvgIpc) is 3.53. The molecule has 0 fully saturated rings. The first-order valence-corrected chi connectivity index (χ1v) is 17.2. The van der Waals surface area contributed by atoms with Crippen molar-refractivity contribution in [2.75, 3.05) is 23.0 Å². The number of halogens is 2. The lowest BCUT2D eigenvalue weighted by Crippen LogP contribution is -2.30. The van der Waals surface area contributed by atoms with Crippen molar-refractivity contribution in [1.29, 1.82) is 0 Å². The molecule has 5 aromatic rings. The molecule has 1 aromatic heterocycles. The number of amides is 3. The molecule has 0 aliphatic carbocycles. The number of nitrogens with one attached hydrogen (secondary N) is 3. The number of thiophene rings is 1. The number of benzene rings is 4. The third-order valence-corrected chi connectivity index (χ3v) is 9.11. The highest BCUT2D eigenvalue weighted by molar-refractivity contribution is 8.00. The molecule has 1 heterocycles. The third kappa shape index (κ3) is 9.23. The number of hydrogen-bond acceptors (Lipinski definition) is 7. The molecule has 12 heteroatoms. The van der Waals surface area contributed by atoms with Gasteiger partial charge in [0.25, 0.3) is 11.8 Å². The summed E-state index contributed by atoms with van der Waals surface area (Å²) in [4.78, 5) is 53.0. The Morgan fingerprint density at radius 2 is 1.61 bits per heavy atom. The van der Waals surface area contributed by atoms with E-state index < -0.39 is 23.6 Å². The van der Waals surface area contributed by atoms with Crippen LogP contribution in [-0.2, 0) is 14.3 Å². The van der Waals surface area contributed by atoms with Crippen LogP contribution in [0.15, 0.2) is 119 Å². The summed E-state index contributed by atoms with van der Waals surface area (Å²) in [6, 6.07) is 28.5. The Bertz CT molecular complexity index is 2000. The lowest BCUT2D eigenvalue weighted by molar-refractivity contribution is -0.114. The number of carbonyl (C=O) groups is 4. The van der Waals surface area contributed by atoms with Gasteiger partial charge < -0.3 is 20.7 Å². The monoisotopic (exact) mass is 713 g/mol. The largest absolute Gasteiger partial charge is 0.462 e. The Labute approximate surface area is 295 Å². The Balaban J connectivity index is 1.29. The highest BCUT2D eigenvalue weighted by Crippen LogP contribution is 2.36. The van der Waals surface area contributed by atoms with Crippen molar-refractivity contribution >= 4 is 75.2 Å². The van der Waals surface area contributed by atoms with Crippen LogP contribution in [0.2, 0.25) is 5.02 Å². The average molecular weight is 714 g/mol. The molecule has 0 aliphatic rings. The third-order valence-electron chi connectivity index (χ3n) is 6.89. The molecule has 49 heavy (non-hydrogen) atoms. The fraction of sp³-hybridized carbons (Fsp3) is 0.0811. The highest BCUT2D eigenvalue weighted by atomic mass is 35.5. The minimum atomic E-state index is -0.720. The Kier molecular flexibility index (Phi) is 12.0. The van der Waals surface area contributed by atoms with Crippen molar-refractivity contribution in [3.05, 3.63) is 142 Å². The van der Waals surface area contributed by atoms with Crippen LogP contribution in [-0.4, -0.2) is 36.1 Å². The molecule has 5 rings (SSSR count). The Hall–Kier alpha value is -5.23. The first-order chi connectivity index (χ1) is 23.7. The van der Waals surface area contributed by atoms with Crippen LogP contribution >= 0.6 is 34.7 Å². The van der Waals surface area contributed by atoms with Gasteiger partial charge in [-0.3, -0.25) is 14.4 Å². The van der Waals surface area contributed by atoms with Crippen molar-refractivity contribution in [3.8, 4) is 11.1 Å². The molecule has 4 aromatic carbocycles. The first kappa shape index (κ1) is 35.1. The van der Waals surface area contributed by atoms with Crippen LogP contribution in [0.25, 0.3) is 17.2 Å². The van der Waals surface area contributed by atoms with E-state index in [4.69, 9.17) is 16.3 Å². The molecule has 3 amide bonds. The van der Waals surface area contributed by atoms with Crippen LogP contribution in [0.4, 0.5) is 15.1 Å². The molecule has 8 nitrogen and oxygen atoms in total. The van der Waals surface area contributed by atoms with Gasteiger partial charge in [-0.05, 0) is 61.0 Å². The zero-order valence-electron chi connectivity index (χ0n) is 26.0. The second-order valence-electron chi connectivity index (χ2n) is 10.3. The summed E-state index contributed by atoms with van der Waals surface area (Å²) in [5.74, 6) is -2.83. The summed E-state index contributed by atoms with van der Waals surface area (Å²) in [7, 11) is 0. The van der Waals surface area contributed by atoms with Crippen LogP contribution < -0.4 is 16.0 Å². The number of anilines is 2. The summed E-state index contributed by atoms with van der Waals surface area (Å²) in [6.45, 7) is 1.90. The first-order valence-electron chi connectivity index (χ1n) is 14.9. The van der Waals surface area contributed by atoms with Crippen LogP contribution in [0, 0.1) is 5.82 Å². The number of ether oxygens (including phenoxy) is 1. The molecule has 0 bridgehead atoms.